The lowest BCUT2D eigenvalue weighted by molar-refractivity contribution is 0.102. The molecule has 0 saturated heterocycles. The normalized spacial score (nSPS) is 11.3. The summed E-state index contributed by atoms with van der Waals surface area (Å²) in [4.78, 5) is 11.9. The van der Waals surface area contributed by atoms with E-state index in [-0.39, 0.29) is 10.8 Å². The van der Waals surface area contributed by atoms with Gasteiger partial charge in [0, 0.05) is 21.4 Å². The average Bonchev–Trinajstić information content (AvgIpc) is 2.85. The van der Waals surface area contributed by atoms with Crippen LogP contribution in [0.3, 0.4) is 0 Å². The van der Waals surface area contributed by atoms with Crippen molar-refractivity contribution in [1.29, 1.82) is 0 Å². The van der Waals surface area contributed by atoms with Gasteiger partial charge in [0.25, 0.3) is 15.0 Å². The number of benzene rings is 1. The maximum atomic E-state index is 11.9. The third-order valence-electron chi connectivity index (χ3n) is 2.54. The highest BCUT2D eigenvalue weighted by atomic mass is 79.9. The van der Waals surface area contributed by atoms with Gasteiger partial charge in [-0.05, 0) is 40.5 Å². The monoisotopic (exact) mass is 377 g/mol. The van der Waals surface area contributed by atoms with Crippen LogP contribution in [0.5, 0.6) is 0 Å². The van der Waals surface area contributed by atoms with E-state index in [1.165, 1.54) is 24.5 Å². The Morgan fingerprint density at radius 1 is 1.45 bits per heavy atom. The molecule has 6 nitrogen and oxygen atoms in total. The second kappa shape index (κ2) is 5.55. The fraction of sp³-hybridized carbons (Fsp3) is 0.0909. The molecule has 1 heterocycles. The Morgan fingerprint density at radius 3 is 2.70 bits per heavy atom. The smallest absolute Gasteiger partial charge is 0.261 e. The SMILES string of the molecule is Cc1cc(NC(=O)c2cn[nH]c2)c(Br)cc1S(=O)(=O)Cl. The van der Waals surface area contributed by atoms with Gasteiger partial charge in [-0.1, -0.05) is 0 Å². The zero-order valence-corrected chi connectivity index (χ0v) is 13.3. The lowest BCUT2D eigenvalue weighted by Gasteiger charge is -2.10. The van der Waals surface area contributed by atoms with Crippen molar-refractivity contribution in [1.82, 2.24) is 10.2 Å². The molecule has 2 N–H and O–H groups in total. The van der Waals surface area contributed by atoms with Crippen LogP contribution in [-0.4, -0.2) is 24.5 Å². The number of carbonyl (C=O) groups is 1. The number of nitrogens with one attached hydrogen (secondary N) is 2. The third-order valence-corrected chi connectivity index (χ3v) is 4.66. The molecule has 1 amide bonds. The van der Waals surface area contributed by atoms with Gasteiger partial charge >= 0.3 is 0 Å². The van der Waals surface area contributed by atoms with Crippen LogP contribution < -0.4 is 5.32 Å². The van der Waals surface area contributed by atoms with Gasteiger partial charge in [-0.15, -0.1) is 0 Å². The molecule has 2 aromatic rings. The maximum Gasteiger partial charge on any atom is 0.261 e. The second-order valence-electron chi connectivity index (χ2n) is 3.98. The molecule has 0 radical (unpaired) electrons. The minimum atomic E-state index is -3.83. The van der Waals surface area contributed by atoms with Crippen LogP contribution in [0.15, 0.2) is 33.9 Å². The van der Waals surface area contributed by atoms with Gasteiger partial charge in [-0.2, -0.15) is 5.10 Å². The summed E-state index contributed by atoms with van der Waals surface area (Å²) in [5.74, 6) is -0.361. The number of aryl methyl sites for hydroxylation is 1. The van der Waals surface area contributed by atoms with Crippen LogP contribution in [0.1, 0.15) is 15.9 Å². The summed E-state index contributed by atoms with van der Waals surface area (Å²) in [5.41, 5.74) is 1.24. The molecule has 1 aromatic carbocycles. The van der Waals surface area contributed by atoms with E-state index in [0.29, 0.717) is 21.3 Å². The predicted octanol–water partition coefficient (Wildman–Crippen LogP) is 2.66. The summed E-state index contributed by atoms with van der Waals surface area (Å²) in [6.07, 6.45) is 2.83. The molecule has 0 aliphatic carbocycles. The Labute approximate surface area is 128 Å². The van der Waals surface area contributed by atoms with E-state index in [0.717, 1.165) is 0 Å². The van der Waals surface area contributed by atoms with Crippen LogP contribution in [0.25, 0.3) is 0 Å². The molecule has 0 atom stereocenters. The van der Waals surface area contributed by atoms with E-state index in [1.807, 2.05) is 0 Å². The molecule has 0 spiro atoms. The number of anilines is 1. The van der Waals surface area contributed by atoms with Crippen LogP contribution in [-0.2, 0) is 9.05 Å². The van der Waals surface area contributed by atoms with Crippen molar-refractivity contribution < 1.29 is 13.2 Å². The van der Waals surface area contributed by atoms with Gasteiger partial charge in [-0.3, -0.25) is 9.89 Å². The van der Waals surface area contributed by atoms with E-state index < -0.39 is 9.05 Å². The van der Waals surface area contributed by atoms with Crippen molar-refractivity contribution in [2.45, 2.75) is 11.8 Å². The van der Waals surface area contributed by atoms with Crippen molar-refractivity contribution in [3.05, 3.63) is 40.1 Å². The van der Waals surface area contributed by atoms with Crippen LogP contribution in [0.2, 0.25) is 0 Å². The molecule has 0 bridgehead atoms. The first kappa shape index (κ1) is 15.0. The molecule has 2 rings (SSSR count). The first-order valence-corrected chi connectivity index (χ1v) is 8.44. The number of halogens is 2. The molecular formula is C11H9BrClN3O3S. The number of H-pyrrole nitrogens is 1. The molecule has 0 aliphatic rings. The number of aromatic amines is 1. The van der Waals surface area contributed by atoms with Crippen molar-refractivity contribution in [2.75, 3.05) is 5.32 Å². The van der Waals surface area contributed by atoms with E-state index in [9.17, 15) is 13.2 Å². The zero-order valence-electron chi connectivity index (χ0n) is 10.1. The Balaban J connectivity index is 2.35. The van der Waals surface area contributed by atoms with E-state index in [4.69, 9.17) is 10.7 Å². The number of rotatable bonds is 3. The van der Waals surface area contributed by atoms with Gasteiger partial charge in [0.15, 0.2) is 0 Å². The first-order chi connectivity index (χ1) is 9.29. The van der Waals surface area contributed by atoms with Crippen LogP contribution in [0, 0.1) is 6.92 Å². The topological polar surface area (TPSA) is 91.9 Å². The van der Waals surface area contributed by atoms with Crippen molar-refractivity contribution in [2.24, 2.45) is 0 Å². The van der Waals surface area contributed by atoms with Crippen molar-refractivity contribution in [3.8, 4) is 0 Å². The van der Waals surface area contributed by atoms with Crippen LogP contribution in [0.4, 0.5) is 5.69 Å². The van der Waals surface area contributed by atoms with Crippen LogP contribution >= 0.6 is 26.6 Å². The lowest BCUT2D eigenvalue weighted by atomic mass is 10.2. The second-order valence-corrected chi connectivity index (χ2v) is 7.37. The molecule has 0 saturated carbocycles. The molecule has 106 valence electrons. The molecule has 1 aromatic heterocycles. The minimum Gasteiger partial charge on any atom is -0.321 e. The Hall–Kier alpha value is -1.38. The number of hydrogen-bond acceptors (Lipinski definition) is 4. The standard InChI is InChI=1S/C11H9BrClN3O3S/c1-6-2-9(8(12)3-10(6)20(13,18)19)16-11(17)7-4-14-15-5-7/h2-5H,1H3,(H,14,15)(H,16,17). The van der Waals surface area contributed by atoms with E-state index in [1.54, 1.807) is 6.92 Å². The Morgan fingerprint density at radius 2 is 2.15 bits per heavy atom. The highest BCUT2D eigenvalue weighted by molar-refractivity contribution is 9.10. The first-order valence-electron chi connectivity index (χ1n) is 5.34. The highest BCUT2D eigenvalue weighted by Crippen LogP contribution is 2.30. The molecule has 0 fully saturated rings. The molecule has 9 heteroatoms. The Bertz CT molecular complexity index is 759. The third kappa shape index (κ3) is 3.20. The van der Waals surface area contributed by atoms with Crippen molar-refractivity contribution >= 4 is 47.3 Å². The largest absolute Gasteiger partial charge is 0.321 e. The van der Waals surface area contributed by atoms with E-state index >= 15 is 0 Å². The van der Waals surface area contributed by atoms with Gasteiger partial charge in [0.05, 0.1) is 22.3 Å². The number of amides is 1. The van der Waals surface area contributed by atoms with Gasteiger partial charge in [0.1, 0.15) is 0 Å². The highest BCUT2D eigenvalue weighted by Gasteiger charge is 2.17. The van der Waals surface area contributed by atoms with Gasteiger partial charge < -0.3 is 5.32 Å². The molecule has 0 unspecified atom stereocenters. The lowest BCUT2D eigenvalue weighted by Crippen LogP contribution is -2.12. The van der Waals surface area contributed by atoms with Gasteiger partial charge in [0.2, 0.25) is 0 Å². The maximum absolute atomic E-state index is 11.9. The zero-order chi connectivity index (χ0) is 14.9. The fourth-order valence-corrected chi connectivity index (χ4v) is 3.39. The number of hydrogen-bond donors (Lipinski definition) is 2. The molecular weight excluding hydrogens is 370 g/mol. The predicted molar refractivity (Wildman–Crippen MR) is 78.5 cm³/mol. The van der Waals surface area contributed by atoms with Gasteiger partial charge in [-0.25, -0.2) is 8.42 Å². The van der Waals surface area contributed by atoms with E-state index in [2.05, 4.69) is 31.4 Å². The summed E-state index contributed by atoms with van der Waals surface area (Å²) < 4.78 is 23.2. The number of carbonyl (C=O) groups excluding carboxylic acids is 1. The number of nitrogens with zero attached hydrogens (tertiary/aromatic N) is 1. The quantitative estimate of drug-likeness (QED) is 0.803. The average molecular weight is 379 g/mol. The molecule has 20 heavy (non-hydrogen) atoms. The fourth-order valence-electron chi connectivity index (χ4n) is 1.59. The molecule has 0 aliphatic heterocycles. The Kier molecular flexibility index (Phi) is 4.17. The summed E-state index contributed by atoms with van der Waals surface area (Å²) in [6.45, 7) is 1.59. The summed E-state index contributed by atoms with van der Waals surface area (Å²) in [6, 6.07) is 2.87. The summed E-state index contributed by atoms with van der Waals surface area (Å²) in [7, 11) is 1.50. The summed E-state index contributed by atoms with van der Waals surface area (Å²) in [5, 5.41) is 8.86. The number of aromatic nitrogens is 2. The van der Waals surface area contributed by atoms with Crippen molar-refractivity contribution in [3.63, 3.8) is 0 Å². The summed E-state index contributed by atoms with van der Waals surface area (Å²) >= 11 is 3.20. The minimum absolute atomic E-state index is 0.00708.